The van der Waals surface area contributed by atoms with Crippen molar-refractivity contribution in [3.63, 3.8) is 0 Å². The van der Waals surface area contributed by atoms with E-state index in [2.05, 4.69) is 40.6 Å². The van der Waals surface area contributed by atoms with Crippen molar-refractivity contribution >= 4 is 5.96 Å². The summed E-state index contributed by atoms with van der Waals surface area (Å²) < 4.78 is 10.8. The molecule has 5 nitrogen and oxygen atoms in total. The summed E-state index contributed by atoms with van der Waals surface area (Å²) in [5.41, 5.74) is 8.68. The van der Waals surface area contributed by atoms with Gasteiger partial charge in [0.2, 0.25) is 0 Å². The molecular weight excluding hydrogens is 350 g/mol. The molecule has 2 aromatic rings. The van der Waals surface area contributed by atoms with E-state index in [1.165, 1.54) is 37.7 Å². The van der Waals surface area contributed by atoms with Crippen molar-refractivity contribution in [3.05, 3.63) is 59.7 Å². The van der Waals surface area contributed by atoms with Gasteiger partial charge in [0, 0.05) is 17.5 Å². The Morgan fingerprint density at radius 1 is 1.00 bits per heavy atom. The van der Waals surface area contributed by atoms with E-state index >= 15 is 0 Å². The molecule has 0 heterocycles. The minimum Gasteiger partial charge on any atom is -0.493 e. The van der Waals surface area contributed by atoms with Gasteiger partial charge in [-0.1, -0.05) is 61.7 Å². The largest absolute Gasteiger partial charge is 0.493 e. The molecule has 0 aromatic heterocycles. The third-order valence-electron chi connectivity index (χ3n) is 5.71. The van der Waals surface area contributed by atoms with E-state index in [-0.39, 0.29) is 5.41 Å². The highest BCUT2D eigenvalue weighted by Gasteiger charge is 2.33. The van der Waals surface area contributed by atoms with Gasteiger partial charge in [-0.25, -0.2) is 4.99 Å². The van der Waals surface area contributed by atoms with Crippen LogP contribution in [-0.4, -0.2) is 26.7 Å². The van der Waals surface area contributed by atoms with Gasteiger partial charge in [-0.15, -0.1) is 0 Å². The minimum absolute atomic E-state index is 0.132. The molecule has 5 heteroatoms. The van der Waals surface area contributed by atoms with Crippen LogP contribution in [0.1, 0.15) is 43.2 Å². The summed E-state index contributed by atoms with van der Waals surface area (Å²) in [6.07, 6.45) is 6.19. The number of nitrogens with zero attached hydrogens (tertiary/aromatic N) is 1. The first-order valence-electron chi connectivity index (χ1n) is 9.98. The number of methoxy groups -OCH3 is 2. The van der Waals surface area contributed by atoms with Gasteiger partial charge in [-0.05, 0) is 24.5 Å². The van der Waals surface area contributed by atoms with Crippen molar-refractivity contribution in [3.8, 4) is 11.5 Å². The first-order chi connectivity index (χ1) is 13.7. The minimum atomic E-state index is 0.132. The lowest BCUT2D eigenvalue weighted by Crippen LogP contribution is -2.44. The van der Waals surface area contributed by atoms with Crippen LogP contribution in [0, 0.1) is 0 Å². The number of hydrogen-bond acceptors (Lipinski definition) is 3. The molecule has 0 amide bonds. The second-order valence-electron chi connectivity index (χ2n) is 7.41. The fourth-order valence-corrected chi connectivity index (χ4v) is 4.15. The Morgan fingerprint density at radius 2 is 1.75 bits per heavy atom. The lowest BCUT2D eigenvalue weighted by atomic mass is 9.69. The van der Waals surface area contributed by atoms with Crippen LogP contribution in [0.4, 0.5) is 0 Å². The van der Waals surface area contributed by atoms with E-state index in [9.17, 15) is 0 Å². The fraction of sp³-hybridized carbons (Fsp3) is 0.435. The van der Waals surface area contributed by atoms with Crippen LogP contribution in [0.15, 0.2) is 53.5 Å². The van der Waals surface area contributed by atoms with Crippen LogP contribution in [0.25, 0.3) is 0 Å². The van der Waals surface area contributed by atoms with Gasteiger partial charge in [-0.2, -0.15) is 0 Å². The molecule has 1 aliphatic rings. The van der Waals surface area contributed by atoms with Gasteiger partial charge in [-0.3, -0.25) is 0 Å². The predicted molar refractivity (Wildman–Crippen MR) is 114 cm³/mol. The molecule has 0 bridgehead atoms. The molecule has 0 atom stereocenters. The molecular formula is C23H31N3O2. The number of aliphatic imine (C=N–C) groups is 1. The number of hydrogen-bond donors (Lipinski definition) is 2. The summed E-state index contributed by atoms with van der Waals surface area (Å²) in [4.78, 5) is 4.54. The zero-order valence-corrected chi connectivity index (χ0v) is 16.9. The normalized spacial score (nSPS) is 16.4. The number of rotatable bonds is 7. The molecule has 3 N–H and O–H groups in total. The molecule has 0 spiro atoms. The molecule has 0 aliphatic heterocycles. The number of nitrogens with two attached hydrogens (primary N) is 1. The Bertz CT molecular complexity index is 784. The maximum atomic E-state index is 6.20. The van der Waals surface area contributed by atoms with E-state index in [1.54, 1.807) is 14.2 Å². The third-order valence-corrected chi connectivity index (χ3v) is 5.71. The smallest absolute Gasteiger partial charge is 0.188 e. The average molecular weight is 382 g/mol. The summed E-state index contributed by atoms with van der Waals surface area (Å²) in [6, 6.07) is 16.6. The van der Waals surface area contributed by atoms with Crippen molar-refractivity contribution in [2.75, 3.05) is 20.8 Å². The Labute approximate surface area is 168 Å². The lowest BCUT2D eigenvalue weighted by molar-refractivity contribution is 0.291. The molecule has 0 saturated heterocycles. The molecule has 1 saturated carbocycles. The summed E-state index contributed by atoms with van der Waals surface area (Å²) in [6.45, 7) is 1.25. The summed E-state index contributed by atoms with van der Waals surface area (Å²) in [7, 11) is 3.27. The Kier molecular flexibility index (Phi) is 6.80. The maximum absolute atomic E-state index is 6.20. The SMILES string of the molecule is COc1cccc(CN=C(N)NCC2(c3ccccc3)CCCCC2)c1OC. The molecule has 2 aromatic carbocycles. The van der Waals surface area contributed by atoms with Gasteiger partial charge in [0.05, 0.1) is 20.8 Å². The topological polar surface area (TPSA) is 68.9 Å². The van der Waals surface area contributed by atoms with Crippen LogP contribution in [0.3, 0.4) is 0 Å². The molecule has 28 heavy (non-hydrogen) atoms. The second kappa shape index (κ2) is 9.49. The summed E-state index contributed by atoms with van der Waals surface area (Å²) >= 11 is 0. The monoisotopic (exact) mass is 381 g/mol. The van der Waals surface area contributed by atoms with Crippen LogP contribution in [0.2, 0.25) is 0 Å². The van der Waals surface area contributed by atoms with Gasteiger partial charge in [0.1, 0.15) is 0 Å². The van der Waals surface area contributed by atoms with Gasteiger partial charge >= 0.3 is 0 Å². The summed E-state index contributed by atoms with van der Waals surface area (Å²) in [5.74, 6) is 1.87. The Morgan fingerprint density at radius 3 is 2.43 bits per heavy atom. The van der Waals surface area contributed by atoms with E-state index in [0.29, 0.717) is 24.0 Å². The highest BCUT2D eigenvalue weighted by molar-refractivity contribution is 5.78. The molecule has 1 fully saturated rings. The second-order valence-corrected chi connectivity index (χ2v) is 7.41. The highest BCUT2D eigenvalue weighted by atomic mass is 16.5. The van der Waals surface area contributed by atoms with Crippen LogP contribution in [-0.2, 0) is 12.0 Å². The third kappa shape index (κ3) is 4.58. The van der Waals surface area contributed by atoms with Crippen LogP contribution in [0.5, 0.6) is 11.5 Å². The fourth-order valence-electron chi connectivity index (χ4n) is 4.15. The standard InChI is InChI=1S/C23H31N3O2/c1-27-20-13-9-10-18(21(20)28-2)16-25-22(24)26-17-23(14-7-4-8-15-23)19-11-5-3-6-12-19/h3,5-6,9-13H,4,7-8,14-17H2,1-2H3,(H3,24,25,26). The number of para-hydroxylation sites is 1. The summed E-state index contributed by atoms with van der Waals surface area (Å²) in [5, 5.41) is 3.38. The molecule has 150 valence electrons. The van der Waals surface area contributed by atoms with E-state index in [4.69, 9.17) is 15.2 Å². The molecule has 1 aliphatic carbocycles. The Balaban J connectivity index is 1.69. The van der Waals surface area contributed by atoms with Crippen LogP contribution >= 0.6 is 0 Å². The predicted octanol–water partition coefficient (Wildman–Crippen LogP) is 4.01. The van der Waals surface area contributed by atoms with Crippen molar-refractivity contribution in [2.45, 2.75) is 44.1 Å². The lowest BCUT2D eigenvalue weighted by Gasteiger charge is -2.38. The van der Waals surface area contributed by atoms with Gasteiger partial charge in [0.15, 0.2) is 17.5 Å². The maximum Gasteiger partial charge on any atom is 0.188 e. The van der Waals surface area contributed by atoms with Gasteiger partial charge in [0.25, 0.3) is 0 Å². The van der Waals surface area contributed by atoms with Gasteiger partial charge < -0.3 is 20.5 Å². The zero-order valence-electron chi connectivity index (χ0n) is 16.9. The van der Waals surface area contributed by atoms with Crippen molar-refractivity contribution < 1.29 is 9.47 Å². The molecule has 0 unspecified atom stereocenters. The Hall–Kier alpha value is -2.69. The molecule has 0 radical (unpaired) electrons. The van der Waals surface area contributed by atoms with Crippen molar-refractivity contribution in [2.24, 2.45) is 10.7 Å². The van der Waals surface area contributed by atoms with E-state index in [1.807, 2.05) is 18.2 Å². The van der Waals surface area contributed by atoms with E-state index < -0.39 is 0 Å². The number of guanidine groups is 1. The number of nitrogens with one attached hydrogen (secondary N) is 1. The van der Waals surface area contributed by atoms with Crippen molar-refractivity contribution in [1.29, 1.82) is 0 Å². The molecule has 3 rings (SSSR count). The number of ether oxygens (including phenoxy) is 2. The van der Waals surface area contributed by atoms with Crippen molar-refractivity contribution in [1.82, 2.24) is 5.32 Å². The van der Waals surface area contributed by atoms with Crippen LogP contribution < -0.4 is 20.5 Å². The highest BCUT2D eigenvalue weighted by Crippen LogP contribution is 2.39. The number of benzene rings is 2. The zero-order chi connectivity index (χ0) is 19.8. The first-order valence-corrected chi connectivity index (χ1v) is 9.98. The quantitative estimate of drug-likeness (QED) is 0.562. The first kappa shape index (κ1) is 20.1. The van der Waals surface area contributed by atoms with E-state index in [0.717, 1.165) is 12.1 Å². The average Bonchev–Trinajstić information content (AvgIpc) is 2.77.